The number of primary amides is 1. The molecule has 1 amide bonds. The molecular weight excluding hydrogens is 182 g/mol. The summed E-state index contributed by atoms with van der Waals surface area (Å²) in [6, 6.07) is 9.99. The number of hydrogen-bond donors (Lipinski definition) is 1. The Kier molecular flexibility index (Phi) is 3.83. The van der Waals surface area contributed by atoms with Crippen LogP contribution in [-0.4, -0.2) is 11.7 Å². The van der Waals surface area contributed by atoms with Crippen LogP contribution in [0.15, 0.2) is 35.2 Å². The van der Waals surface area contributed by atoms with E-state index in [1.807, 2.05) is 37.3 Å². The van der Waals surface area contributed by atoms with Gasteiger partial charge in [0.1, 0.15) is 0 Å². The van der Waals surface area contributed by atoms with Crippen LogP contribution in [0, 0.1) is 5.92 Å². The zero-order valence-corrected chi connectivity index (χ0v) is 8.38. The first-order valence-electron chi connectivity index (χ1n) is 4.17. The van der Waals surface area contributed by atoms with Crippen molar-refractivity contribution in [1.29, 1.82) is 0 Å². The van der Waals surface area contributed by atoms with Crippen molar-refractivity contribution in [3.63, 3.8) is 0 Å². The Labute approximate surface area is 82.5 Å². The Morgan fingerprint density at radius 3 is 2.62 bits per heavy atom. The highest BCUT2D eigenvalue weighted by molar-refractivity contribution is 7.99. The molecule has 13 heavy (non-hydrogen) atoms. The third kappa shape index (κ3) is 3.51. The number of rotatable bonds is 4. The molecule has 0 saturated heterocycles. The molecule has 0 aliphatic rings. The van der Waals surface area contributed by atoms with E-state index in [2.05, 4.69) is 0 Å². The van der Waals surface area contributed by atoms with Gasteiger partial charge in [-0.05, 0) is 12.1 Å². The molecule has 0 aromatic heterocycles. The Morgan fingerprint density at radius 1 is 1.46 bits per heavy atom. The van der Waals surface area contributed by atoms with Crippen LogP contribution in [0.25, 0.3) is 0 Å². The molecule has 0 unspecified atom stereocenters. The third-order valence-corrected chi connectivity index (χ3v) is 3.00. The van der Waals surface area contributed by atoms with Gasteiger partial charge in [-0.15, -0.1) is 11.8 Å². The highest BCUT2D eigenvalue weighted by Gasteiger charge is 2.08. The number of thioether (sulfide) groups is 1. The minimum atomic E-state index is -0.233. The van der Waals surface area contributed by atoms with Crippen molar-refractivity contribution in [3.05, 3.63) is 30.3 Å². The van der Waals surface area contributed by atoms with Gasteiger partial charge in [0.25, 0.3) is 0 Å². The Bertz CT molecular complexity index is 274. The van der Waals surface area contributed by atoms with Gasteiger partial charge in [-0.1, -0.05) is 25.1 Å². The van der Waals surface area contributed by atoms with E-state index in [1.54, 1.807) is 11.8 Å². The van der Waals surface area contributed by atoms with Crippen molar-refractivity contribution < 1.29 is 4.79 Å². The van der Waals surface area contributed by atoms with Gasteiger partial charge in [-0.3, -0.25) is 4.79 Å². The summed E-state index contributed by atoms with van der Waals surface area (Å²) >= 11 is 1.66. The van der Waals surface area contributed by atoms with Crippen LogP contribution in [0.3, 0.4) is 0 Å². The van der Waals surface area contributed by atoms with Gasteiger partial charge in [0.2, 0.25) is 5.91 Å². The third-order valence-electron chi connectivity index (χ3n) is 1.73. The molecule has 0 aliphatic carbocycles. The van der Waals surface area contributed by atoms with Crippen molar-refractivity contribution >= 4 is 17.7 Å². The van der Waals surface area contributed by atoms with Crippen molar-refractivity contribution in [1.82, 2.24) is 0 Å². The summed E-state index contributed by atoms with van der Waals surface area (Å²) in [6.45, 7) is 1.85. The smallest absolute Gasteiger partial charge is 0.221 e. The second kappa shape index (κ2) is 4.92. The average Bonchev–Trinajstić information content (AvgIpc) is 2.15. The van der Waals surface area contributed by atoms with Crippen LogP contribution in [0.5, 0.6) is 0 Å². The van der Waals surface area contributed by atoms with E-state index >= 15 is 0 Å². The van der Waals surface area contributed by atoms with Gasteiger partial charge in [-0.2, -0.15) is 0 Å². The molecule has 2 nitrogen and oxygen atoms in total. The van der Waals surface area contributed by atoms with Crippen LogP contribution in [0.1, 0.15) is 6.92 Å². The molecule has 2 N–H and O–H groups in total. The number of hydrogen-bond acceptors (Lipinski definition) is 2. The van der Waals surface area contributed by atoms with Gasteiger partial charge in [-0.25, -0.2) is 0 Å². The molecule has 0 saturated carbocycles. The lowest BCUT2D eigenvalue weighted by Gasteiger charge is -2.05. The number of amides is 1. The lowest BCUT2D eigenvalue weighted by atomic mass is 10.2. The summed E-state index contributed by atoms with van der Waals surface area (Å²) in [6.07, 6.45) is 0. The summed E-state index contributed by atoms with van der Waals surface area (Å²) in [7, 11) is 0. The largest absolute Gasteiger partial charge is 0.369 e. The topological polar surface area (TPSA) is 43.1 Å². The molecule has 1 aromatic rings. The minimum Gasteiger partial charge on any atom is -0.369 e. The van der Waals surface area contributed by atoms with Crippen molar-refractivity contribution in [2.24, 2.45) is 11.7 Å². The number of carbonyl (C=O) groups excluding carboxylic acids is 1. The maximum absolute atomic E-state index is 10.7. The highest BCUT2D eigenvalue weighted by atomic mass is 32.2. The quantitative estimate of drug-likeness (QED) is 0.746. The zero-order valence-electron chi connectivity index (χ0n) is 7.57. The monoisotopic (exact) mass is 195 g/mol. The molecule has 3 heteroatoms. The first-order valence-corrected chi connectivity index (χ1v) is 5.16. The lowest BCUT2D eigenvalue weighted by molar-refractivity contribution is -0.120. The highest BCUT2D eigenvalue weighted by Crippen LogP contribution is 2.19. The summed E-state index contributed by atoms with van der Waals surface area (Å²) in [5, 5.41) is 0. The van der Waals surface area contributed by atoms with E-state index < -0.39 is 0 Å². The molecular formula is C10H13NOS. The van der Waals surface area contributed by atoms with E-state index in [9.17, 15) is 4.79 Å². The van der Waals surface area contributed by atoms with Gasteiger partial charge in [0.15, 0.2) is 0 Å². The second-order valence-corrected chi connectivity index (χ2v) is 4.02. The van der Waals surface area contributed by atoms with Crippen LogP contribution >= 0.6 is 11.8 Å². The number of nitrogens with two attached hydrogens (primary N) is 1. The molecule has 1 atom stereocenters. The number of carbonyl (C=O) groups is 1. The van der Waals surface area contributed by atoms with E-state index in [1.165, 1.54) is 4.90 Å². The first kappa shape index (κ1) is 10.1. The SMILES string of the molecule is C[C@@H](CSc1ccccc1)C(N)=O. The van der Waals surface area contributed by atoms with E-state index in [-0.39, 0.29) is 11.8 Å². The predicted molar refractivity (Wildman–Crippen MR) is 55.5 cm³/mol. The summed E-state index contributed by atoms with van der Waals surface area (Å²) in [5.41, 5.74) is 5.15. The molecule has 1 aromatic carbocycles. The lowest BCUT2D eigenvalue weighted by Crippen LogP contribution is -2.22. The molecule has 0 aliphatic heterocycles. The van der Waals surface area contributed by atoms with E-state index in [4.69, 9.17) is 5.73 Å². The Morgan fingerprint density at radius 2 is 2.08 bits per heavy atom. The Balaban J connectivity index is 2.39. The van der Waals surface area contributed by atoms with Gasteiger partial charge in [0.05, 0.1) is 0 Å². The van der Waals surface area contributed by atoms with E-state index in [0.717, 1.165) is 5.75 Å². The molecule has 0 radical (unpaired) electrons. The predicted octanol–water partition coefficient (Wildman–Crippen LogP) is 1.90. The molecule has 1 rings (SSSR count). The summed E-state index contributed by atoms with van der Waals surface area (Å²) in [4.78, 5) is 11.9. The molecule has 0 heterocycles. The van der Waals surface area contributed by atoms with Crippen LogP contribution in [0.2, 0.25) is 0 Å². The average molecular weight is 195 g/mol. The fourth-order valence-corrected chi connectivity index (χ4v) is 1.78. The number of benzene rings is 1. The van der Waals surface area contributed by atoms with Crippen LogP contribution in [-0.2, 0) is 4.79 Å². The standard InChI is InChI=1S/C10H13NOS/c1-8(10(11)12)7-13-9-5-3-2-4-6-9/h2-6,8H,7H2,1H3,(H2,11,12)/t8-/m0/s1. The van der Waals surface area contributed by atoms with Gasteiger partial charge >= 0.3 is 0 Å². The van der Waals surface area contributed by atoms with Crippen molar-refractivity contribution in [3.8, 4) is 0 Å². The van der Waals surface area contributed by atoms with Gasteiger partial charge < -0.3 is 5.73 Å². The van der Waals surface area contributed by atoms with Crippen molar-refractivity contribution in [2.45, 2.75) is 11.8 Å². The van der Waals surface area contributed by atoms with Crippen molar-refractivity contribution in [2.75, 3.05) is 5.75 Å². The second-order valence-electron chi connectivity index (χ2n) is 2.93. The summed E-state index contributed by atoms with van der Waals surface area (Å²) < 4.78 is 0. The Hall–Kier alpha value is -0.960. The fraction of sp³-hybridized carbons (Fsp3) is 0.300. The van der Waals surface area contributed by atoms with E-state index in [0.29, 0.717) is 0 Å². The molecule has 0 spiro atoms. The maximum atomic E-state index is 10.7. The van der Waals surface area contributed by atoms with Crippen LogP contribution < -0.4 is 5.73 Å². The van der Waals surface area contributed by atoms with Gasteiger partial charge in [0, 0.05) is 16.6 Å². The molecule has 0 bridgehead atoms. The first-order chi connectivity index (χ1) is 6.20. The minimum absolute atomic E-state index is 0.0646. The zero-order chi connectivity index (χ0) is 9.68. The maximum Gasteiger partial charge on any atom is 0.221 e. The van der Waals surface area contributed by atoms with Crippen LogP contribution in [0.4, 0.5) is 0 Å². The summed E-state index contributed by atoms with van der Waals surface area (Å²) in [5.74, 6) is 0.452. The molecule has 70 valence electrons. The fourth-order valence-electron chi connectivity index (χ4n) is 0.820. The normalized spacial score (nSPS) is 12.4. The molecule has 0 fully saturated rings.